The third-order valence-corrected chi connectivity index (χ3v) is 4.37. The van der Waals surface area contributed by atoms with Crippen LogP contribution in [0.15, 0.2) is 18.2 Å². The molecule has 1 heterocycles. The molecule has 1 atom stereocenters. The Bertz CT molecular complexity index is 430. The van der Waals surface area contributed by atoms with Crippen molar-refractivity contribution in [2.24, 2.45) is 5.41 Å². The largest absolute Gasteiger partial charge is 0.396 e. The predicted octanol–water partition coefficient (Wildman–Crippen LogP) is 3.04. The van der Waals surface area contributed by atoms with Gasteiger partial charge in [0.05, 0.1) is 35.3 Å². The molecule has 19 heavy (non-hydrogen) atoms. The Morgan fingerprint density at radius 1 is 1.37 bits per heavy atom. The molecule has 1 aromatic carbocycles. The normalized spacial score (nSPS) is 18.9. The molecule has 3 nitrogen and oxygen atoms in total. The van der Waals surface area contributed by atoms with Gasteiger partial charge in [-0.15, -0.1) is 0 Å². The van der Waals surface area contributed by atoms with Crippen LogP contribution in [-0.2, 0) is 4.74 Å². The maximum absolute atomic E-state index is 9.41. The fourth-order valence-electron chi connectivity index (χ4n) is 2.21. The Kier molecular flexibility index (Phi) is 5.09. The van der Waals surface area contributed by atoms with Gasteiger partial charge >= 0.3 is 0 Å². The van der Waals surface area contributed by atoms with Crippen molar-refractivity contribution in [3.8, 4) is 0 Å². The van der Waals surface area contributed by atoms with Crippen LogP contribution in [0.1, 0.15) is 24.9 Å². The van der Waals surface area contributed by atoms with Crippen LogP contribution in [0.4, 0.5) is 0 Å². The zero-order chi connectivity index (χ0) is 13.9. The van der Waals surface area contributed by atoms with Crippen molar-refractivity contribution >= 4 is 23.2 Å². The molecular weight excluding hydrogens is 285 g/mol. The van der Waals surface area contributed by atoms with Crippen molar-refractivity contribution in [3.05, 3.63) is 33.8 Å². The number of benzene rings is 1. The third kappa shape index (κ3) is 3.41. The maximum atomic E-state index is 9.41. The highest BCUT2D eigenvalue weighted by molar-refractivity contribution is 6.42. The molecule has 0 bridgehead atoms. The number of aliphatic hydroxyl groups excluding tert-OH is 1. The summed E-state index contributed by atoms with van der Waals surface area (Å²) in [6, 6.07) is 5.91. The molecule has 0 aromatic heterocycles. The molecule has 1 saturated heterocycles. The summed E-state index contributed by atoms with van der Waals surface area (Å²) in [5, 5.41) is 14.0. The first-order chi connectivity index (χ1) is 9.10. The molecule has 0 aliphatic carbocycles. The van der Waals surface area contributed by atoms with Crippen LogP contribution in [0.3, 0.4) is 0 Å². The summed E-state index contributed by atoms with van der Waals surface area (Å²) in [6.07, 6.45) is 0.945. The smallest absolute Gasteiger partial charge is 0.0595 e. The third-order valence-electron chi connectivity index (χ3n) is 3.63. The van der Waals surface area contributed by atoms with E-state index in [4.69, 9.17) is 27.9 Å². The second-order valence-electron chi connectivity index (χ2n) is 5.17. The van der Waals surface area contributed by atoms with Crippen LogP contribution in [0.2, 0.25) is 10.0 Å². The lowest BCUT2D eigenvalue weighted by Crippen LogP contribution is -2.52. The van der Waals surface area contributed by atoms with Crippen LogP contribution in [0.25, 0.3) is 0 Å². The van der Waals surface area contributed by atoms with Crippen molar-refractivity contribution in [1.82, 2.24) is 5.32 Å². The molecule has 106 valence electrons. The van der Waals surface area contributed by atoms with Gasteiger partial charge in [0, 0.05) is 12.6 Å². The number of aliphatic hydroxyl groups is 1. The number of hydrogen-bond donors (Lipinski definition) is 2. The summed E-state index contributed by atoms with van der Waals surface area (Å²) in [4.78, 5) is 0. The number of halogens is 2. The van der Waals surface area contributed by atoms with Gasteiger partial charge in [0.15, 0.2) is 0 Å². The van der Waals surface area contributed by atoms with Gasteiger partial charge in [-0.25, -0.2) is 0 Å². The Morgan fingerprint density at radius 2 is 2.11 bits per heavy atom. The number of nitrogens with one attached hydrogen (secondary N) is 1. The van der Waals surface area contributed by atoms with E-state index in [0.29, 0.717) is 23.3 Å². The van der Waals surface area contributed by atoms with Crippen LogP contribution < -0.4 is 5.32 Å². The Balaban J connectivity index is 2.01. The molecule has 1 unspecified atom stereocenters. The first-order valence-corrected chi connectivity index (χ1v) is 7.23. The minimum absolute atomic E-state index is 0.121. The van der Waals surface area contributed by atoms with E-state index in [1.165, 1.54) is 0 Å². The van der Waals surface area contributed by atoms with Crippen molar-refractivity contribution in [2.75, 3.05) is 26.4 Å². The second kappa shape index (κ2) is 6.42. The zero-order valence-electron chi connectivity index (χ0n) is 11.0. The molecule has 1 fully saturated rings. The number of hydrogen-bond acceptors (Lipinski definition) is 3. The van der Waals surface area contributed by atoms with E-state index in [1.54, 1.807) is 0 Å². The molecule has 0 amide bonds. The van der Waals surface area contributed by atoms with Gasteiger partial charge in [-0.3, -0.25) is 0 Å². The van der Waals surface area contributed by atoms with E-state index in [-0.39, 0.29) is 18.1 Å². The summed E-state index contributed by atoms with van der Waals surface area (Å²) in [5.41, 5.74) is 0.995. The van der Waals surface area contributed by atoms with Gasteiger partial charge in [-0.2, -0.15) is 0 Å². The first-order valence-electron chi connectivity index (χ1n) is 6.47. The van der Waals surface area contributed by atoms with Crippen LogP contribution in [-0.4, -0.2) is 31.5 Å². The molecule has 1 aliphatic rings. The second-order valence-corrected chi connectivity index (χ2v) is 5.98. The summed E-state index contributed by atoms with van der Waals surface area (Å²) < 4.78 is 5.20. The topological polar surface area (TPSA) is 41.5 Å². The fourth-order valence-corrected chi connectivity index (χ4v) is 2.51. The lowest BCUT2D eigenvalue weighted by molar-refractivity contribution is -0.135. The molecule has 2 rings (SSSR count). The minimum Gasteiger partial charge on any atom is -0.396 e. The molecular formula is C14H19Cl2NO2. The highest BCUT2D eigenvalue weighted by Crippen LogP contribution is 2.29. The van der Waals surface area contributed by atoms with Crippen molar-refractivity contribution in [1.29, 1.82) is 0 Å². The molecule has 5 heteroatoms. The highest BCUT2D eigenvalue weighted by atomic mass is 35.5. The Labute approximate surface area is 123 Å². The Morgan fingerprint density at radius 3 is 2.58 bits per heavy atom. The first kappa shape index (κ1) is 15.1. The van der Waals surface area contributed by atoms with Gasteiger partial charge in [0.2, 0.25) is 0 Å². The standard InChI is InChI=1S/C14H19Cl2NO2/c1-2-13(10-3-4-11(15)12(16)5-10)17-6-14(7-18)8-19-9-14/h3-5,13,17-18H,2,6-9H2,1H3. The fraction of sp³-hybridized carbons (Fsp3) is 0.571. The van der Waals surface area contributed by atoms with Gasteiger partial charge in [0.25, 0.3) is 0 Å². The van der Waals surface area contributed by atoms with E-state index >= 15 is 0 Å². The molecule has 1 aliphatic heterocycles. The molecule has 2 N–H and O–H groups in total. The van der Waals surface area contributed by atoms with Gasteiger partial charge < -0.3 is 15.2 Å². The van der Waals surface area contributed by atoms with E-state index < -0.39 is 0 Å². The van der Waals surface area contributed by atoms with Crippen LogP contribution in [0, 0.1) is 5.41 Å². The van der Waals surface area contributed by atoms with E-state index in [0.717, 1.165) is 18.5 Å². The van der Waals surface area contributed by atoms with Crippen molar-refractivity contribution in [3.63, 3.8) is 0 Å². The Hall–Kier alpha value is -0.320. The molecule has 0 spiro atoms. The maximum Gasteiger partial charge on any atom is 0.0595 e. The average molecular weight is 304 g/mol. The number of ether oxygens (including phenoxy) is 1. The zero-order valence-corrected chi connectivity index (χ0v) is 12.5. The molecule has 0 radical (unpaired) electrons. The highest BCUT2D eigenvalue weighted by Gasteiger charge is 2.38. The molecule has 1 aromatic rings. The average Bonchev–Trinajstić information content (AvgIpc) is 2.37. The predicted molar refractivity (Wildman–Crippen MR) is 77.8 cm³/mol. The van der Waals surface area contributed by atoms with Crippen molar-refractivity contribution < 1.29 is 9.84 Å². The monoisotopic (exact) mass is 303 g/mol. The van der Waals surface area contributed by atoms with E-state index in [2.05, 4.69) is 12.2 Å². The number of rotatable bonds is 6. The van der Waals surface area contributed by atoms with Crippen molar-refractivity contribution in [2.45, 2.75) is 19.4 Å². The SMILES string of the molecule is CCC(NCC1(CO)COC1)c1ccc(Cl)c(Cl)c1. The van der Waals surface area contributed by atoms with Gasteiger partial charge in [-0.05, 0) is 24.1 Å². The quantitative estimate of drug-likeness (QED) is 0.849. The van der Waals surface area contributed by atoms with Crippen LogP contribution >= 0.6 is 23.2 Å². The summed E-state index contributed by atoms with van der Waals surface area (Å²) in [6.45, 7) is 4.24. The van der Waals surface area contributed by atoms with Gasteiger partial charge in [-0.1, -0.05) is 36.2 Å². The summed E-state index contributed by atoms with van der Waals surface area (Å²) in [5.74, 6) is 0. The lowest BCUT2D eigenvalue weighted by Gasteiger charge is -2.41. The van der Waals surface area contributed by atoms with E-state index in [1.807, 2.05) is 18.2 Å². The van der Waals surface area contributed by atoms with E-state index in [9.17, 15) is 5.11 Å². The van der Waals surface area contributed by atoms with Crippen LogP contribution in [0.5, 0.6) is 0 Å². The van der Waals surface area contributed by atoms with Gasteiger partial charge in [0.1, 0.15) is 0 Å². The lowest BCUT2D eigenvalue weighted by atomic mass is 9.86. The molecule has 0 saturated carbocycles. The summed E-state index contributed by atoms with van der Waals surface area (Å²) >= 11 is 12.0. The summed E-state index contributed by atoms with van der Waals surface area (Å²) in [7, 11) is 0. The minimum atomic E-state index is -0.121.